The molecule has 0 fully saturated rings. The molecule has 0 aliphatic carbocycles. The molecule has 0 heterocycles. The van der Waals surface area contributed by atoms with E-state index < -0.39 is 11.7 Å². The first-order valence-electron chi connectivity index (χ1n) is 3.84. The number of carbonyl (C=O) groups excluding carboxylic acids is 1. The van der Waals surface area contributed by atoms with Gasteiger partial charge in [-0.1, -0.05) is 22.9 Å². The number of nitrogens with two attached hydrogens (primary N) is 1. The number of rotatable bonds is 2. The van der Waals surface area contributed by atoms with Gasteiger partial charge in [0.15, 0.2) is 0 Å². The number of hydrogen-bond donors (Lipinski definition) is 1. The smallest absolute Gasteiger partial charge is 0.251 e. The molecule has 0 bridgehead atoms. The summed E-state index contributed by atoms with van der Waals surface area (Å²) in [7, 11) is 0. The van der Waals surface area contributed by atoms with E-state index in [-0.39, 0.29) is 18.0 Å². The van der Waals surface area contributed by atoms with Gasteiger partial charge in [0.25, 0.3) is 5.91 Å². The third-order valence-electron chi connectivity index (χ3n) is 1.81. The Hall–Kier alpha value is -0.610. The number of hydrogen-bond acceptors (Lipinski definition) is 1. The topological polar surface area (TPSA) is 43.1 Å². The van der Waals surface area contributed by atoms with Gasteiger partial charge in [0, 0.05) is 10.0 Å². The van der Waals surface area contributed by atoms with E-state index in [1.807, 2.05) is 6.92 Å². The van der Waals surface area contributed by atoms with E-state index in [4.69, 9.17) is 5.73 Å². The first-order chi connectivity index (χ1) is 6.07. The van der Waals surface area contributed by atoms with Crippen molar-refractivity contribution in [1.29, 1.82) is 0 Å². The van der Waals surface area contributed by atoms with Crippen LogP contribution in [0.15, 0.2) is 16.6 Å². The Morgan fingerprint density at radius 1 is 1.57 bits per heavy atom. The Labute approximate surface area is 96.2 Å². The zero-order valence-electron chi connectivity index (χ0n) is 7.51. The first-order valence-corrected chi connectivity index (χ1v) is 4.64. The molecule has 1 aromatic carbocycles. The van der Waals surface area contributed by atoms with Crippen molar-refractivity contribution in [3.63, 3.8) is 0 Å². The zero-order valence-corrected chi connectivity index (χ0v) is 9.91. The van der Waals surface area contributed by atoms with Crippen LogP contribution in [-0.4, -0.2) is 5.91 Å². The predicted octanol–water partition coefficient (Wildman–Crippen LogP) is 2.67. The van der Waals surface area contributed by atoms with Crippen LogP contribution < -0.4 is 5.73 Å². The molecular weight excluding hydrogens is 272 g/mol. The molecule has 2 N–H and O–H groups in total. The van der Waals surface area contributed by atoms with Crippen molar-refractivity contribution in [3.8, 4) is 0 Å². The molecule has 0 saturated carbocycles. The molecule has 1 amide bonds. The van der Waals surface area contributed by atoms with Crippen molar-refractivity contribution < 1.29 is 9.18 Å². The number of primary amides is 1. The van der Waals surface area contributed by atoms with Crippen LogP contribution in [0.3, 0.4) is 0 Å². The number of benzene rings is 1. The summed E-state index contributed by atoms with van der Waals surface area (Å²) in [6.45, 7) is 1.81. The molecule has 78 valence electrons. The molecule has 5 heteroatoms. The van der Waals surface area contributed by atoms with E-state index in [2.05, 4.69) is 15.9 Å². The summed E-state index contributed by atoms with van der Waals surface area (Å²) in [5, 5.41) is 0. The fourth-order valence-electron chi connectivity index (χ4n) is 1.11. The quantitative estimate of drug-likeness (QED) is 0.890. The van der Waals surface area contributed by atoms with Crippen LogP contribution in [-0.2, 0) is 6.42 Å². The van der Waals surface area contributed by atoms with Crippen molar-refractivity contribution in [2.24, 2.45) is 5.73 Å². The summed E-state index contributed by atoms with van der Waals surface area (Å²) in [5.74, 6) is -1.26. The van der Waals surface area contributed by atoms with Crippen LogP contribution in [0.5, 0.6) is 0 Å². The largest absolute Gasteiger partial charge is 0.366 e. The molecular formula is C9H10BrClFNO. The molecule has 0 spiro atoms. The molecule has 0 unspecified atom stereocenters. The second-order valence-electron chi connectivity index (χ2n) is 2.61. The fraction of sp³-hybridized carbons (Fsp3) is 0.222. The summed E-state index contributed by atoms with van der Waals surface area (Å²) < 4.78 is 14.1. The minimum atomic E-state index is -0.736. The van der Waals surface area contributed by atoms with Gasteiger partial charge < -0.3 is 5.73 Å². The average molecular weight is 283 g/mol. The summed E-state index contributed by atoms with van der Waals surface area (Å²) in [4.78, 5) is 10.8. The lowest BCUT2D eigenvalue weighted by molar-refractivity contribution is 0.0996. The summed E-state index contributed by atoms with van der Waals surface area (Å²) in [5.41, 5.74) is 5.42. The van der Waals surface area contributed by atoms with Gasteiger partial charge in [-0.25, -0.2) is 4.39 Å². The van der Waals surface area contributed by atoms with Gasteiger partial charge in [-0.05, 0) is 18.6 Å². The third-order valence-corrected chi connectivity index (χ3v) is 2.55. The van der Waals surface area contributed by atoms with Gasteiger partial charge in [0.1, 0.15) is 5.82 Å². The summed E-state index contributed by atoms with van der Waals surface area (Å²) in [6, 6.07) is 3.00. The van der Waals surface area contributed by atoms with Crippen LogP contribution in [0.4, 0.5) is 4.39 Å². The van der Waals surface area contributed by atoms with E-state index in [1.54, 1.807) is 6.07 Å². The molecule has 0 atom stereocenters. The van der Waals surface area contributed by atoms with E-state index in [0.717, 1.165) is 0 Å². The molecule has 0 aromatic heterocycles. The average Bonchev–Trinajstić information content (AvgIpc) is 2.04. The monoisotopic (exact) mass is 281 g/mol. The van der Waals surface area contributed by atoms with Crippen molar-refractivity contribution in [1.82, 2.24) is 0 Å². The third kappa shape index (κ3) is 2.45. The minimum Gasteiger partial charge on any atom is -0.366 e. The van der Waals surface area contributed by atoms with Crippen molar-refractivity contribution in [2.75, 3.05) is 0 Å². The predicted molar refractivity (Wildman–Crippen MR) is 59.2 cm³/mol. The number of halogens is 3. The molecule has 2 nitrogen and oxygen atoms in total. The van der Waals surface area contributed by atoms with Crippen molar-refractivity contribution >= 4 is 34.2 Å². The van der Waals surface area contributed by atoms with Gasteiger partial charge in [0.2, 0.25) is 0 Å². The maximum atomic E-state index is 13.5. The molecule has 0 saturated heterocycles. The highest BCUT2D eigenvalue weighted by Crippen LogP contribution is 2.22. The van der Waals surface area contributed by atoms with Crippen LogP contribution in [0, 0.1) is 5.82 Å². The maximum absolute atomic E-state index is 13.5. The van der Waals surface area contributed by atoms with Crippen LogP contribution >= 0.6 is 28.3 Å². The molecule has 0 aliphatic rings. The van der Waals surface area contributed by atoms with Crippen molar-refractivity contribution in [2.45, 2.75) is 13.3 Å². The lowest BCUT2D eigenvalue weighted by Crippen LogP contribution is -2.14. The minimum absolute atomic E-state index is 0. The van der Waals surface area contributed by atoms with E-state index >= 15 is 0 Å². The van der Waals surface area contributed by atoms with E-state index in [0.29, 0.717) is 16.5 Å². The highest BCUT2D eigenvalue weighted by molar-refractivity contribution is 9.10. The Morgan fingerprint density at radius 3 is 2.57 bits per heavy atom. The fourth-order valence-corrected chi connectivity index (χ4v) is 1.70. The Balaban J connectivity index is 0.00000169. The van der Waals surface area contributed by atoms with Crippen LogP contribution in [0.2, 0.25) is 0 Å². The van der Waals surface area contributed by atoms with Gasteiger partial charge >= 0.3 is 0 Å². The van der Waals surface area contributed by atoms with E-state index in [9.17, 15) is 9.18 Å². The van der Waals surface area contributed by atoms with Gasteiger partial charge in [0.05, 0.1) is 5.56 Å². The highest BCUT2D eigenvalue weighted by atomic mass is 79.9. The Morgan fingerprint density at radius 2 is 2.14 bits per heavy atom. The van der Waals surface area contributed by atoms with Gasteiger partial charge in [-0.15, -0.1) is 12.4 Å². The standard InChI is InChI=1S/C9H9BrFNO.ClH/c1-2-5-7(10)4-3-6(8(5)11)9(12)13;/h3-4H,2H2,1H3,(H2,12,13);1H. The molecule has 0 aliphatic heterocycles. The summed E-state index contributed by atoms with van der Waals surface area (Å²) in [6.07, 6.45) is 0.521. The first kappa shape index (κ1) is 13.4. The van der Waals surface area contributed by atoms with E-state index in [1.165, 1.54) is 6.07 Å². The molecule has 0 radical (unpaired) electrons. The molecule has 1 aromatic rings. The highest BCUT2D eigenvalue weighted by Gasteiger charge is 2.13. The molecule has 1 rings (SSSR count). The second-order valence-corrected chi connectivity index (χ2v) is 3.46. The number of carbonyl (C=O) groups is 1. The van der Waals surface area contributed by atoms with Crippen LogP contribution in [0.25, 0.3) is 0 Å². The Kier molecular flexibility index (Phi) is 5.08. The lowest BCUT2D eigenvalue weighted by atomic mass is 10.1. The zero-order chi connectivity index (χ0) is 10.0. The van der Waals surface area contributed by atoms with Gasteiger partial charge in [-0.3, -0.25) is 4.79 Å². The van der Waals surface area contributed by atoms with Crippen LogP contribution in [0.1, 0.15) is 22.8 Å². The van der Waals surface area contributed by atoms with Crippen molar-refractivity contribution in [3.05, 3.63) is 33.5 Å². The van der Waals surface area contributed by atoms with Gasteiger partial charge in [-0.2, -0.15) is 0 Å². The second kappa shape index (κ2) is 5.32. The number of amides is 1. The normalized spacial score (nSPS) is 9.36. The summed E-state index contributed by atoms with van der Waals surface area (Å²) >= 11 is 3.20. The Bertz CT molecular complexity index is 357. The molecule has 14 heavy (non-hydrogen) atoms. The lowest BCUT2D eigenvalue weighted by Gasteiger charge is -2.05. The SMILES string of the molecule is CCc1c(Br)ccc(C(N)=O)c1F.Cl. The maximum Gasteiger partial charge on any atom is 0.251 e.